The zero-order chi connectivity index (χ0) is 16.1. The van der Waals surface area contributed by atoms with Crippen molar-refractivity contribution in [2.45, 2.75) is 25.3 Å². The maximum absolute atomic E-state index is 8.57. The van der Waals surface area contributed by atoms with E-state index in [1.54, 1.807) is 18.3 Å². The quantitative estimate of drug-likeness (QED) is 0.869. The molecule has 1 atom stereocenters. The number of hydrogen-bond donors (Lipinski definition) is 1. The smallest absolute Gasteiger partial charge is 0.0502 e. The van der Waals surface area contributed by atoms with Crippen LogP contribution in [0.5, 0.6) is 0 Å². The summed E-state index contributed by atoms with van der Waals surface area (Å²) in [6.07, 6.45) is 1.00. The van der Waals surface area contributed by atoms with Gasteiger partial charge in [0.05, 0.1) is 5.02 Å². The Balaban J connectivity index is 2.08. The molecule has 2 heterocycles. The minimum Gasteiger partial charge on any atom is -0.361 e. The number of halogens is 1. The largest absolute Gasteiger partial charge is 0.361 e. The first-order valence-corrected chi connectivity index (χ1v) is 6.13. The summed E-state index contributed by atoms with van der Waals surface area (Å²) in [7, 11) is 0. The molecular weight excluding hydrogens is 232 g/mol. The molecule has 1 aromatic carbocycles. The van der Waals surface area contributed by atoms with Gasteiger partial charge in [-0.2, -0.15) is 0 Å². The Labute approximate surface area is 114 Å². The molecule has 1 saturated heterocycles. The van der Waals surface area contributed by atoms with E-state index in [9.17, 15) is 0 Å². The maximum Gasteiger partial charge on any atom is 0.0502 e. The van der Waals surface area contributed by atoms with Crippen molar-refractivity contribution in [2.75, 3.05) is 13.5 Å². The maximum atomic E-state index is 8.57. The van der Waals surface area contributed by atoms with Crippen LogP contribution in [-0.4, -0.2) is 29.4 Å². The van der Waals surface area contributed by atoms with Gasteiger partial charge in [-0.15, -0.1) is 0 Å². The Morgan fingerprint density at radius 3 is 3.47 bits per heavy atom. The molecule has 17 heavy (non-hydrogen) atoms. The normalized spacial score (nSPS) is 27.4. The van der Waals surface area contributed by atoms with Crippen molar-refractivity contribution in [3.8, 4) is 0 Å². The van der Waals surface area contributed by atoms with Gasteiger partial charge in [-0.3, -0.25) is 0 Å². The molecule has 0 radical (unpaired) electrons. The van der Waals surface area contributed by atoms with Crippen LogP contribution in [0.3, 0.4) is 0 Å². The van der Waals surface area contributed by atoms with Crippen LogP contribution < -0.4 is 0 Å². The Morgan fingerprint density at radius 1 is 1.65 bits per heavy atom. The number of H-pyrrole nitrogens is 1. The second-order valence-corrected chi connectivity index (χ2v) is 4.77. The lowest BCUT2D eigenvalue weighted by atomic mass is 10.0. The summed E-state index contributed by atoms with van der Waals surface area (Å²) in [5.74, 6) is 0. The van der Waals surface area contributed by atoms with Crippen LogP contribution in [0.25, 0.3) is 10.9 Å². The minimum atomic E-state index is -2.29. The lowest BCUT2D eigenvalue weighted by Crippen LogP contribution is -2.26. The summed E-state index contributed by atoms with van der Waals surface area (Å²) in [5, 5.41) is 1.10. The molecular formula is C14H17ClN2. The topological polar surface area (TPSA) is 19.0 Å². The average Bonchev–Trinajstić information content (AvgIpc) is 3.06. The summed E-state index contributed by atoms with van der Waals surface area (Å²) < 4.78 is 40.0. The molecule has 1 N–H and O–H groups in total. The fourth-order valence-corrected chi connectivity index (χ4v) is 2.63. The van der Waals surface area contributed by atoms with Gasteiger partial charge in [0.25, 0.3) is 0 Å². The van der Waals surface area contributed by atoms with Crippen molar-refractivity contribution in [3.05, 3.63) is 35.0 Å². The van der Waals surface area contributed by atoms with Crippen molar-refractivity contribution >= 4 is 22.5 Å². The van der Waals surface area contributed by atoms with Crippen LogP contribution in [0.4, 0.5) is 0 Å². The summed E-state index contributed by atoms with van der Waals surface area (Å²) in [5.41, 5.74) is 1.18. The number of aromatic nitrogens is 1. The third-order valence-corrected chi connectivity index (χ3v) is 3.54. The monoisotopic (exact) mass is 253 g/mol. The number of benzene rings is 1. The Hall–Kier alpha value is -0.990. The summed E-state index contributed by atoms with van der Waals surface area (Å²) in [6.45, 7) is -1.90. The fourth-order valence-electron chi connectivity index (χ4n) is 2.35. The van der Waals surface area contributed by atoms with Gasteiger partial charge in [-0.25, -0.2) is 0 Å². The van der Waals surface area contributed by atoms with Crippen LogP contribution in [0, 0.1) is 0 Å². The van der Waals surface area contributed by atoms with Crippen molar-refractivity contribution in [2.24, 2.45) is 0 Å². The summed E-state index contributed by atoms with van der Waals surface area (Å²) in [6, 6.07) is 4.66. The van der Waals surface area contributed by atoms with Crippen LogP contribution in [-0.2, 0) is 6.37 Å². The molecule has 0 saturated carbocycles. The fraction of sp³-hybridized carbons (Fsp3) is 0.429. The highest BCUT2D eigenvalue weighted by molar-refractivity contribution is 6.35. The van der Waals surface area contributed by atoms with Gasteiger partial charge in [0.2, 0.25) is 0 Å². The molecule has 0 aliphatic carbocycles. The number of aromatic amines is 1. The van der Waals surface area contributed by atoms with E-state index in [1.807, 2.05) is 6.07 Å². The molecule has 2 aromatic rings. The number of likely N-dealkylation sites (N-methyl/N-ethyl adjacent to an activating group) is 1. The van der Waals surface area contributed by atoms with Gasteiger partial charge in [0.15, 0.2) is 0 Å². The van der Waals surface area contributed by atoms with Crippen LogP contribution in [0.1, 0.15) is 25.3 Å². The highest BCUT2D eigenvalue weighted by Crippen LogP contribution is 2.29. The SMILES string of the molecule is [2H]C([2H])(c1c[nH]c2cccc(Cl)c12)[C@H]1CCCN1C([2H])([2H])[2H]. The Bertz CT molecular complexity index is 694. The number of hydrogen-bond acceptors (Lipinski definition) is 1. The van der Waals surface area contributed by atoms with Gasteiger partial charge in [0.1, 0.15) is 0 Å². The first-order valence-electron chi connectivity index (χ1n) is 8.26. The second-order valence-electron chi connectivity index (χ2n) is 4.36. The number of nitrogens with one attached hydrogen (secondary N) is 1. The molecule has 2 nitrogen and oxygen atoms in total. The van der Waals surface area contributed by atoms with Crippen LogP contribution in [0.2, 0.25) is 5.02 Å². The second kappa shape index (κ2) is 4.35. The standard InChI is InChI=1S/C14H17ClN2/c1-17-7-3-4-11(17)8-10-9-16-13-6-2-5-12(15)14(10)13/h2,5-6,9,11,16H,3-4,7-8H2,1H3/t11-/m1/s1/i1D3,8D2. The third-order valence-electron chi connectivity index (χ3n) is 3.23. The van der Waals surface area contributed by atoms with Crippen molar-refractivity contribution in [1.29, 1.82) is 0 Å². The highest BCUT2D eigenvalue weighted by Gasteiger charge is 2.22. The average molecular weight is 254 g/mol. The van der Waals surface area contributed by atoms with E-state index in [2.05, 4.69) is 4.98 Å². The molecule has 0 amide bonds. The molecule has 90 valence electrons. The zero-order valence-electron chi connectivity index (χ0n) is 14.3. The van der Waals surface area contributed by atoms with E-state index >= 15 is 0 Å². The van der Waals surface area contributed by atoms with E-state index in [-0.39, 0.29) is 0 Å². The van der Waals surface area contributed by atoms with Crippen LogP contribution >= 0.6 is 11.6 Å². The number of nitrogens with zero attached hydrogens (tertiary/aromatic N) is 1. The lowest BCUT2D eigenvalue weighted by Gasteiger charge is -2.18. The van der Waals surface area contributed by atoms with Crippen molar-refractivity contribution < 1.29 is 6.85 Å². The Kier molecular flexibility index (Phi) is 1.75. The molecule has 0 unspecified atom stereocenters. The molecule has 0 bridgehead atoms. The number of rotatable bonds is 2. The summed E-state index contributed by atoms with van der Waals surface area (Å²) >= 11 is 6.23. The molecule has 3 heteroatoms. The predicted molar refractivity (Wildman–Crippen MR) is 72.7 cm³/mol. The van der Waals surface area contributed by atoms with Gasteiger partial charge >= 0.3 is 0 Å². The van der Waals surface area contributed by atoms with Gasteiger partial charge < -0.3 is 9.88 Å². The summed E-state index contributed by atoms with van der Waals surface area (Å²) in [4.78, 5) is 4.32. The molecule has 1 aliphatic rings. The minimum absolute atomic E-state index is 0.386. The van der Waals surface area contributed by atoms with Crippen molar-refractivity contribution in [1.82, 2.24) is 9.88 Å². The number of likely N-dealkylation sites (tertiary alicyclic amines) is 1. The first-order chi connectivity index (χ1) is 10.2. The highest BCUT2D eigenvalue weighted by atomic mass is 35.5. The zero-order valence-corrected chi connectivity index (χ0v) is 10.1. The van der Waals surface area contributed by atoms with Gasteiger partial charge in [-0.05, 0) is 50.4 Å². The van der Waals surface area contributed by atoms with E-state index in [4.69, 9.17) is 18.5 Å². The van der Waals surface area contributed by atoms with Gasteiger partial charge in [-0.1, -0.05) is 17.7 Å². The molecule has 0 spiro atoms. The van der Waals surface area contributed by atoms with Gasteiger partial charge in [0, 0.05) is 30.0 Å². The molecule has 3 rings (SSSR count). The van der Waals surface area contributed by atoms with E-state index < -0.39 is 19.4 Å². The van der Waals surface area contributed by atoms with Crippen molar-refractivity contribution in [3.63, 3.8) is 0 Å². The molecule has 1 aliphatic heterocycles. The third kappa shape index (κ3) is 1.96. The predicted octanol–water partition coefficient (Wildman–Crippen LogP) is 3.46. The Morgan fingerprint density at radius 2 is 2.59 bits per heavy atom. The molecule has 1 aromatic heterocycles. The lowest BCUT2D eigenvalue weighted by molar-refractivity contribution is 0.310. The number of fused-ring (bicyclic) bond motifs is 1. The van der Waals surface area contributed by atoms with Crippen LogP contribution in [0.15, 0.2) is 24.4 Å². The van der Waals surface area contributed by atoms with E-state index in [0.717, 1.165) is 5.52 Å². The first kappa shape index (κ1) is 6.81. The molecule has 1 fully saturated rings. The van der Waals surface area contributed by atoms with E-state index in [0.29, 0.717) is 35.4 Å². The van der Waals surface area contributed by atoms with E-state index in [1.165, 1.54) is 4.90 Å².